The first-order valence-electron chi connectivity index (χ1n) is 12.0. The number of aliphatic hydroxyl groups excluding tert-OH is 1. The van der Waals surface area contributed by atoms with Crippen molar-refractivity contribution in [2.24, 2.45) is 40.4 Å². The van der Waals surface area contributed by atoms with E-state index in [4.69, 9.17) is 4.74 Å². The van der Waals surface area contributed by atoms with E-state index in [0.717, 1.165) is 38.7 Å². The molecule has 0 spiro atoms. The van der Waals surface area contributed by atoms with Crippen LogP contribution in [0.2, 0.25) is 0 Å². The molecule has 0 saturated heterocycles. The summed E-state index contributed by atoms with van der Waals surface area (Å²) in [6.07, 6.45) is 13.3. The average Bonchev–Trinajstić information content (AvgIpc) is 3.35. The third-order valence-electron chi connectivity index (χ3n) is 9.93. The van der Waals surface area contributed by atoms with E-state index in [0.29, 0.717) is 36.0 Å². The largest absolute Gasteiger partial charge is 0.393 e. The number of ether oxygens (including phenoxy) is 1. The van der Waals surface area contributed by atoms with Crippen LogP contribution in [0.15, 0.2) is 12.4 Å². The van der Waals surface area contributed by atoms with Crippen LogP contribution in [0.4, 0.5) is 0 Å². The zero-order chi connectivity index (χ0) is 20.9. The fraction of sp³-hybridized carbons (Fsp3) is 0.875. The number of Topliss-reactive ketones (excluding diaryl/α,β-unsaturated/α-hetero) is 1. The van der Waals surface area contributed by atoms with E-state index in [1.54, 1.807) is 17.1 Å². The molecule has 4 saturated carbocycles. The molecule has 0 bridgehead atoms. The number of methoxy groups -OCH3 is 1. The second-order valence-corrected chi connectivity index (χ2v) is 11.0. The van der Waals surface area contributed by atoms with Crippen LogP contribution in [-0.2, 0) is 16.1 Å². The third kappa shape index (κ3) is 3.09. The second-order valence-electron chi connectivity index (χ2n) is 11.0. The monoisotopic (exact) mass is 415 g/mol. The van der Waals surface area contributed by atoms with Crippen molar-refractivity contribution in [3.8, 4) is 0 Å². The van der Waals surface area contributed by atoms with E-state index in [2.05, 4.69) is 17.2 Å². The summed E-state index contributed by atoms with van der Waals surface area (Å²) in [5.41, 5.74) is 0.356. The van der Waals surface area contributed by atoms with Crippen molar-refractivity contribution in [2.75, 3.05) is 13.7 Å². The Bertz CT molecular complexity index is 768. The summed E-state index contributed by atoms with van der Waals surface area (Å²) in [5, 5.41) is 18.2. The molecule has 0 aliphatic heterocycles. The van der Waals surface area contributed by atoms with Gasteiger partial charge < -0.3 is 9.84 Å². The van der Waals surface area contributed by atoms with Crippen LogP contribution in [0.25, 0.3) is 0 Å². The molecule has 30 heavy (non-hydrogen) atoms. The van der Waals surface area contributed by atoms with Gasteiger partial charge in [0.1, 0.15) is 6.54 Å². The molecule has 1 aromatic rings. The summed E-state index contributed by atoms with van der Waals surface area (Å²) in [4.78, 5) is 13.2. The standard InChI is InChI=1S/C24H37N3O3/c1-23-9-8-20-18(4-3-16-13-17(28)7-10-24(16,20)15-30-2)19(23)5-6-21(23)22(29)14-27-12-11-25-26-27/h11-12,16-21,28H,3-10,13-15H2,1-2H3/t16-,17+,18-,19-,20?,21+,23-,24+/m0/s1. The number of nitrogens with zero attached hydrogens (tertiary/aromatic N) is 3. The zero-order valence-electron chi connectivity index (χ0n) is 18.5. The summed E-state index contributed by atoms with van der Waals surface area (Å²) in [5.74, 6) is 3.11. The van der Waals surface area contributed by atoms with Crippen molar-refractivity contribution >= 4 is 5.78 Å². The third-order valence-corrected chi connectivity index (χ3v) is 9.93. The molecule has 6 nitrogen and oxygen atoms in total. The molecule has 5 rings (SSSR count). The van der Waals surface area contributed by atoms with Gasteiger partial charge in [-0.2, -0.15) is 0 Å². The molecule has 4 aliphatic carbocycles. The maximum Gasteiger partial charge on any atom is 0.157 e. The average molecular weight is 416 g/mol. The fourth-order valence-electron chi connectivity index (χ4n) is 8.69. The molecule has 166 valence electrons. The Hall–Kier alpha value is -1.27. The molecule has 1 unspecified atom stereocenters. The number of hydrogen-bond acceptors (Lipinski definition) is 5. The van der Waals surface area contributed by atoms with Gasteiger partial charge in [0.05, 0.1) is 18.9 Å². The van der Waals surface area contributed by atoms with Crippen molar-refractivity contribution in [2.45, 2.75) is 77.4 Å². The lowest BCUT2D eigenvalue weighted by molar-refractivity contribution is -0.161. The van der Waals surface area contributed by atoms with Gasteiger partial charge in [-0.25, -0.2) is 4.68 Å². The molecule has 4 fully saturated rings. The van der Waals surface area contributed by atoms with Crippen LogP contribution in [0.1, 0.15) is 64.7 Å². The van der Waals surface area contributed by atoms with E-state index in [1.165, 1.54) is 25.7 Å². The summed E-state index contributed by atoms with van der Waals surface area (Å²) in [6.45, 7) is 3.60. The Morgan fingerprint density at radius 2 is 2.03 bits per heavy atom. The molecule has 0 amide bonds. The Balaban J connectivity index is 1.38. The number of aromatic nitrogens is 3. The highest BCUT2D eigenvalue weighted by Gasteiger charge is 2.62. The van der Waals surface area contributed by atoms with Gasteiger partial charge in [0, 0.05) is 19.2 Å². The number of carbonyl (C=O) groups excluding carboxylic acids is 1. The minimum Gasteiger partial charge on any atom is -0.393 e. The van der Waals surface area contributed by atoms with Gasteiger partial charge in [-0.1, -0.05) is 12.1 Å². The van der Waals surface area contributed by atoms with E-state index in [9.17, 15) is 9.90 Å². The topological polar surface area (TPSA) is 77.2 Å². The van der Waals surface area contributed by atoms with Crippen LogP contribution in [-0.4, -0.2) is 45.7 Å². The quantitative estimate of drug-likeness (QED) is 0.796. The number of ketones is 1. The van der Waals surface area contributed by atoms with Gasteiger partial charge in [-0.05, 0) is 92.3 Å². The molecular weight excluding hydrogens is 378 g/mol. The lowest BCUT2D eigenvalue weighted by Crippen LogP contribution is -2.57. The van der Waals surface area contributed by atoms with Crippen molar-refractivity contribution in [1.29, 1.82) is 0 Å². The van der Waals surface area contributed by atoms with Gasteiger partial charge >= 0.3 is 0 Å². The van der Waals surface area contributed by atoms with Crippen molar-refractivity contribution in [3.05, 3.63) is 12.4 Å². The van der Waals surface area contributed by atoms with Crippen LogP contribution in [0, 0.1) is 40.4 Å². The highest BCUT2D eigenvalue weighted by atomic mass is 16.5. The Morgan fingerprint density at radius 3 is 2.80 bits per heavy atom. The molecule has 0 radical (unpaired) electrons. The zero-order valence-corrected chi connectivity index (χ0v) is 18.5. The summed E-state index contributed by atoms with van der Waals surface area (Å²) in [6, 6.07) is 0. The first kappa shape index (κ1) is 20.6. The minimum atomic E-state index is -0.129. The highest BCUT2D eigenvalue weighted by Crippen LogP contribution is 2.67. The van der Waals surface area contributed by atoms with Crippen LogP contribution >= 0.6 is 0 Å². The fourth-order valence-corrected chi connectivity index (χ4v) is 8.69. The van der Waals surface area contributed by atoms with Gasteiger partial charge in [0.25, 0.3) is 0 Å². The number of fused-ring (bicyclic) bond motifs is 5. The highest BCUT2D eigenvalue weighted by molar-refractivity contribution is 5.82. The molecule has 8 atom stereocenters. The van der Waals surface area contributed by atoms with Gasteiger partial charge in [0.2, 0.25) is 0 Å². The molecule has 4 aliphatic rings. The van der Waals surface area contributed by atoms with Crippen LogP contribution in [0.5, 0.6) is 0 Å². The smallest absolute Gasteiger partial charge is 0.157 e. The van der Waals surface area contributed by atoms with E-state index in [1.807, 2.05) is 7.11 Å². The summed E-state index contributed by atoms with van der Waals surface area (Å²) >= 11 is 0. The van der Waals surface area contributed by atoms with Gasteiger partial charge in [-0.3, -0.25) is 4.79 Å². The molecule has 6 heteroatoms. The Kier molecular flexibility index (Phi) is 5.29. The lowest BCUT2D eigenvalue weighted by Gasteiger charge is -2.61. The first-order valence-corrected chi connectivity index (χ1v) is 12.0. The molecular formula is C24H37N3O3. The number of carbonyl (C=O) groups is 1. The molecule has 1 aromatic heterocycles. The second kappa shape index (κ2) is 7.70. The number of hydrogen-bond donors (Lipinski definition) is 1. The van der Waals surface area contributed by atoms with Crippen molar-refractivity contribution in [1.82, 2.24) is 15.0 Å². The van der Waals surface area contributed by atoms with E-state index < -0.39 is 0 Å². The molecule has 1 N–H and O–H groups in total. The normalized spacial score (nSPS) is 45.4. The lowest BCUT2D eigenvalue weighted by atomic mass is 9.44. The van der Waals surface area contributed by atoms with Crippen molar-refractivity contribution in [3.63, 3.8) is 0 Å². The maximum atomic E-state index is 13.2. The van der Waals surface area contributed by atoms with Crippen molar-refractivity contribution < 1.29 is 14.6 Å². The van der Waals surface area contributed by atoms with Gasteiger partial charge in [-0.15, -0.1) is 5.10 Å². The van der Waals surface area contributed by atoms with Crippen LogP contribution in [0.3, 0.4) is 0 Å². The van der Waals surface area contributed by atoms with E-state index >= 15 is 0 Å². The molecule has 0 aromatic carbocycles. The predicted molar refractivity (Wildman–Crippen MR) is 112 cm³/mol. The first-order chi connectivity index (χ1) is 14.5. The SMILES string of the molecule is COC[C@]12CC[C@@H](O)C[C@@H]1CC[C@@H]1C2CC[C@]2(C)[C@@H](C(=O)Cn3ccnn3)CC[C@@H]12. The number of rotatable bonds is 5. The van der Waals surface area contributed by atoms with Crippen LogP contribution < -0.4 is 0 Å². The van der Waals surface area contributed by atoms with E-state index in [-0.39, 0.29) is 22.9 Å². The summed E-state index contributed by atoms with van der Waals surface area (Å²) in [7, 11) is 1.85. The maximum absolute atomic E-state index is 13.2. The number of aliphatic hydroxyl groups is 1. The predicted octanol–water partition coefficient (Wildman–Crippen LogP) is 3.49. The summed E-state index contributed by atoms with van der Waals surface area (Å²) < 4.78 is 7.51. The van der Waals surface area contributed by atoms with Gasteiger partial charge in [0.15, 0.2) is 5.78 Å². The Morgan fingerprint density at radius 1 is 1.17 bits per heavy atom. The molecule has 1 heterocycles. The Labute approximate surface area is 179 Å². The minimum absolute atomic E-state index is 0.119.